The number of aryl methyl sites for hydroxylation is 1. The minimum atomic E-state index is -5.32. The number of anilines is 1. The molecule has 0 radical (unpaired) electrons. The van der Waals surface area contributed by atoms with Gasteiger partial charge in [0.15, 0.2) is 5.65 Å². The third kappa shape index (κ3) is 5.36. The molecule has 0 spiro atoms. The molecule has 0 aliphatic rings. The number of benzene rings is 2. The minimum absolute atomic E-state index is 0.0245. The van der Waals surface area contributed by atoms with Crippen molar-refractivity contribution in [3.8, 4) is 22.5 Å². The normalized spacial score (nSPS) is 11.4. The van der Waals surface area contributed by atoms with Gasteiger partial charge in [-0.2, -0.15) is 18.3 Å². The van der Waals surface area contributed by atoms with E-state index in [2.05, 4.69) is 35.8 Å². The maximum Gasteiger partial charge on any atom is 0.493 e. The zero-order valence-electron chi connectivity index (χ0n) is 20.1. The SMILES string of the molecule is Cc1cc(C(=O)N(OC(=O)C(F)(F)F)c2cccc(-c3ccnc4cc(-c5ccncc5)nn34)c2)ccc1Br. The Kier molecular flexibility index (Phi) is 6.87. The average Bonchev–Trinajstić information content (AvgIpc) is 3.37. The Balaban J connectivity index is 1.58. The van der Waals surface area contributed by atoms with Crippen LogP contribution in [0.15, 0.2) is 89.8 Å². The summed E-state index contributed by atoms with van der Waals surface area (Å²) in [6.07, 6.45) is -0.482. The predicted octanol–water partition coefficient (Wildman–Crippen LogP) is 6.20. The number of pyridine rings is 1. The highest BCUT2D eigenvalue weighted by Gasteiger charge is 2.44. The lowest BCUT2D eigenvalue weighted by molar-refractivity contribution is -0.199. The maximum atomic E-state index is 13.3. The van der Waals surface area contributed by atoms with E-state index in [1.165, 1.54) is 30.3 Å². The third-order valence-electron chi connectivity index (χ3n) is 5.71. The number of halogens is 4. The number of alkyl halides is 3. The molecule has 8 nitrogen and oxygen atoms in total. The third-order valence-corrected chi connectivity index (χ3v) is 6.60. The number of aromatic nitrogens is 4. The standard InChI is InChI=1S/C27H17BrF3N5O3/c1-16-13-19(5-6-21(16)28)25(37)36(39-26(38)27(29,30)31)20-4-2-3-18(14-20)23-9-12-33-24-15-22(34-35(23)24)17-7-10-32-11-8-17/h2-15H,1H3. The van der Waals surface area contributed by atoms with Crippen molar-refractivity contribution in [2.45, 2.75) is 13.1 Å². The molecule has 5 rings (SSSR count). The first-order valence-corrected chi connectivity index (χ1v) is 12.2. The molecule has 0 bridgehead atoms. The van der Waals surface area contributed by atoms with E-state index in [4.69, 9.17) is 0 Å². The Morgan fingerprint density at radius 3 is 2.44 bits per heavy atom. The number of nitrogens with zero attached hydrogens (tertiary/aromatic N) is 5. The Labute approximate surface area is 227 Å². The fourth-order valence-electron chi connectivity index (χ4n) is 3.81. The number of carbonyl (C=O) groups is 2. The van der Waals surface area contributed by atoms with Crippen molar-refractivity contribution >= 4 is 39.1 Å². The molecule has 196 valence electrons. The molecular formula is C27H17BrF3N5O3. The van der Waals surface area contributed by atoms with Gasteiger partial charge < -0.3 is 4.84 Å². The Bertz CT molecular complexity index is 1710. The molecule has 0 fully saturated rings. The number of hydrogen-bond acceptors (Lipinski definition) is 6. The molecule has 12 heteroatoms. The van der Waals surface area contributed by atoms with Crippen LogP contribution in [0.25, 0.3) is 28.2 Å². The Morgan fingerprint density at radius 1 is 0.949 bits per heavy atom. The molecule has 0 aliphatic heterocycles. The largest absolute Gasteiger partial charge is 0.493 e. The number of hydrogen-bond donors (Lipinski definition) is 0. The topological polar surface area (TPSA) is 89.7 Å². The first-order valence-electron chi connectivity index (χ1n) is 11.4. The second kappa shape index (κ2) is 10.3. The van der Waals surface area contributed by atoms with Crippen LogP contribution in [0.5, 0.6) is 0 Å². The Morgan fingerprint density at radius 2 is 1.72 bits per heavy atom. The van der Waals surface area contributed by atoms with Crippen LogP contribution in [0.3, 0.4) is 0 Å². The summed E-state index contributed by atoms with van der Waals surface area (Å²) < 4.78 is 41.7. The summed E-state index contributed by atoms with van der Waals surface area (Å²) >= 11 is 3.32. The highest BCUT2D eigenvalue weighted by Crippen LogP contribution is 2.30. The van der Waals surface area contributed by atoms with Gasteiger partial charge in [-0.1, -0.05) is 28.1 Å². The van der Waals surface area contributed by atoms with E-state index >= 15 is 0 Å². The van der Waals surface area contributed by atoms with Crippen molar-refractivity contribution in [3.63, 3.8) is 0 Å². The molecule has 0 atom stereocenters. The van der Waals surface area contributed by atoms with E-state index in [9.17, 15) is 22.8 Å². The second-order valence-electron chi connectivity index (χ2n) is 8.36. The fourth-order valence-corrected chi connectivity index (χ4v) is 4.06. The van der Waals surface area contributed by atoms with Gasteiger partial charge in [-0.3, -0.25) is 9.78 Å². The maximum absolute atomic E-state index is 13.3. The summed E-state index contributed by atoms with van der Waals surface area (Å²) in [5, 5.41) is 4.96. The fraction of sp³-hybridized carbons (Fsp3) is 0.0741. The van der Waals surface area contributed by atoms with Crippen LogP contribution in [0.1, 0.15) is 15.9 Å². The number of amides is 1. The monoisotopic (exact) mass is 595 g/mol. The molecule has 3 heterocycles. The molecule has 39 heavy (non-hydrogen) atoms. The molecule has 3 aromatic heterocycles. The number of rotatable bonds is 4. The molecule has 1 amide bonds. The van der Waals surface area contributed by atoms with Crippen LogP contribution in [0.4, 0.5) is 18.9 Å². The summed E-state index contributed by atoms with van der Waals surface area (Å²) in [4.78, 5) is 38.1. The first-order chi connectivity index (χ1) is 18.6. The van der Waals surface area contributed by atoms with Gasteiger partial charge in [0.2, 0.25) is 0 Å². The van der Waals surface area contributed by atoms with Crippen LogP contribution >= 0.6 is 15.9 Å². The molecule has 5 aromatic rings. The van der Waals surface area contributed by atoms with Gasteiger partial charge in [-0.05, 0) is 61.0 Å². The highest BCUT2D eigenvalue weighted by molar-refractivity contribution is 9.10. The lowest BCUT2D eigenvalue weighted by Gasteiger charge is -2.22. The number of fused-ring (bicyclic) bond motifs is 1. The van der Waals surface area contributed by atoms with E-state index in [1.54, 1.807) is 66.4 Å². The number of carbonyl (C=O) groups excluding carboxylic acids is 2. The van der Waals surface area contributed by atoms with E-state index < -0.39 is 18.1 Å². The average molecular weight is 596 g/mol. The smallest absolute Gasteiger partial charge is 0.324 e. The van der Waals surface area contributed by atoms with Gasteiger partial charge in [0.25, 0.3) is 5.91 Å². The van der Waals surface area contributed by atoms with Crippen molar-refractivity contribution in [3.05, 3.63) is 101 Å². The quantitative estimate of drug-likeness (QED) is 0.230. The molecular weight excluding hydrogens is 579 g/mol. The van der Waals surface area contributed by atoms with Crippen LogP contribution in [-0.4, -0.2) is 37.6 Å². The zero-order valence-corrected chi connectivity index (χ0v) is 21.6. The van der Waals surface area contributed by atoms with Crippen LogP contribution in [0.2, 0.25) is 0 Å². The molecule has 0 saturated heterocycles. The van der Waals surface area contributed by atoms with Crippen molar-refractivity contribution in [1.82, 2.24) is 19.6 Å². The van der Waals surface area contributed by atoms with E-state index in [0.717, 1.165) is 5.56 Å². The van der Waals surface area contributed by atoms with Gasteiger partial charge in [0.05, 0.1) is 17.1 Å². The summed E-state index contributed by atoms with van der Waals surface area (Å²) in [6.45, 7) is 1.71. The lowest BCUT2D eigenvalue weighted by atomic mass is 10.1. The van der Waals surface area contributed by atoms with Gasteiger partial charge in [-0.25, -0.2) is 14.3 Å². The van der Waals surface area contributed by atoms with E-state index in [1.807, 2.05) is 0 Å². The van der Waals surface area contributed by atoms with Crippen molar-refractivity contribution < 1.29 is 27.6 Å². The first kappa shape index (κ1) is 26.0. The molecule has 2 aromatic carbocycles. The predicted molar refractivity (Wildman–Crippen MR) is 139 cm³/mol. The summed E-state index contributed by atoms with van der Waals surface area (Å²) in [5.74, 6) is -3.49. The van der Waals surface area contributed by atoms with Crippen LogP contribution in [-0.2, 0) is 9.63 Å². The zero-order chi connectivity index (χ0) is 27.7. The molecule has 0 unspecified atom stereocenters. The van der Waals surface area contributed by atoms with Crippen molar-refractivity contribution in [2.24, 2.45) is 0 Å². The van der Waals surface area contributed by atoms with Crippen LogP contribution in [0, 0.1) is 6.92 Å². The lowest BCUT2D eigenvalue weighted by Crippen LogP contribution is -2.38. The second-order valence-corrected chi connectivity index (χ2v) is 9.21. The van der Waals surface area contributed by atoms with Crippen molar-refractivity contribution in [2.75, 3.05) is 5.06 Å². The Hall–Kier alpha value is -4.58. The molecule has 0 N–H and O–H groups in total. The van der Waals surface area contributed by atoms with Crippen molar-refractivity contribution in [1.29, 1.82) is 0 Å². The van der Waals surface area contributed by atoms with Crippen LogP contribution < -0.4 is 5.06 Å². The minimum Gasteiger partial charge on any atom is -0.324 e. The molecule has 0 saturated carbocycles. The summed E-state index contributed by atoms with van der Waals surface area (Å²) in [6, 6.07) is 17.5. The highest BCUT2D eigenvalue weighted by atomic mass is 79.9. The summed E-state index contributed by atoms with van der Waals surface area (Å²) in [7, 11) is 0. The number of hydroxylamine groups is 1. The van der Waals surface area contributed by atoms with Gasteiger partial charge >= 0.3 is 12.1 Å². The van der Waals surface area contributed by atoms with E-state index in [0.29, 0.717) is 37.7 Å². The van der Waals surface area contributed by atoms with Gasteiger partial charge in [0.1, 0.15) is 0 Å². The van der Waals surface area contributed by atoms with Gasteiger partial charge in [0, 0.05) is 45.8 Å². The van der Waals surface area contributed by atoms with Gasteiger partial charge in [-0.15, -0.1) is 5.06 Å². The van der Waals surface area contributed by atoms with E-state index in [-0.39, 0.29) is 11.3 Å². The molecule has 0 aliphatic carbocycles. The summed E-state index contributed by atoms with van der Waals surface area (Å²) in [5.41, 5.74) is 3.59.